The third-order valence-corrected chi connectivity index (χ3v) is 5.93. The molecule has 1 fully saturated rings. The van der Waals surface area contributed by atoms with E-state index in [0.29, 0.717) is 38.4 Å². The monoisotopic (exact) mass is 360 g/mol. The second-order valence-corrected chi connectivity index (χ2v) is 7.63. The van der Waals surface area contributed by atoms with Crippen molar-refractivity contribution in [2.45, 2.75) is 25.2 Å². The van der Waals surface area contributed by atoms with Gasteiger partial charge in [0, 0.05) is 33.1 Å². The zero-order valence-electron chi connectivity index (χ0n) is 13.3. The van der Waals surface area contributed by atoms with Crippen molar-refractivity contribution in [1.82, 2.24) is 9.21 Å². The molecule has 0 unspecified atom stereocenters. The van der Waals surface area contributed by atoms with E-state index in [0.717, 1.165) is 0 Å². The summed E-state index contributed by atoms with van der Waals surface area (Å²) in [5.41, 5.74) is 0. The summed E-state index contributed by atoms with van der Waals surface area (Å²) in [7, 11) is -3.63. The number of carbonyl (C=O) groups is 1. The molecule has 1 amide bonds. The van der Waals surface area contributed by atoms with Crippen LogP contribution in [0.1, 0.15) is 20.3 Å². The summed E-state index contributed by atoms with van der Waals surface area (Å²) in [6, 6.07) is 4.48. The van der Waals surface area contributed by atoms with E-state index >= 15 is 0 Å². The standard InChI is InChI=1S/C15H21ClN2O4S/c1-3-22-15-6-5-13(11-14(15)16)23(20,21)18-8-4-7-17(9-10-18)12(2)19/h5-6,11H,3-4,7-10H2,1-2H3. The number of amides is 1. The highest BCUT2D eigenvalue weighted by atomic mass is 35.5. The lowest BCUT2D eigenvalue weighted by Crippen LogP contribution is -2.36. The second-order valence-electron chi connectivity index (χ2n) is 5.29. The van der Waals surface area contributed by atoms with E-state index in [1.807, 2.05) is 6.92 Å². The van der Waals surface area contributed by atoms with Crippen molar-refractivity contribution in [2.24, 2.45) is 0 Å². The van der Waals surface area contributed by atoms with Crippen LogP contribution in [0.2, 0.25) is 5.02 Å². The maximum absolute atomic E-state index is 12.8. The normalized spacial score (nSPS) is 16.9. The zero-order chi connectivity index (χ0) is 17.0. The molecule has 0 N–H and O–H groups in total. The lowest BCUT2D eigenvalue weighted by Gasteiger charge is -2.21. The Labute approximate surface area is 142 Å². The summed E-state index contributed by atoms with van der Waals surface area (Å²) >= 11 is 6.09. The Kier molecular flexibility index (Phi) is 5.89. The van der Waals surface area contributed by atoms with Gasteiger partial charge in [-0.15, -0.1) is 0 Å². The highest BCUT2D eigenvalue weighted by molar-refractivity contribution is 7.89. The fraction of sp³-hybridized carbons (Fsp3) is 0.533. The fourth-order valence-corrected chi connectivity index (χ4v) is 4.31. The van der Waals surface area contributed by atoms with Crippen LogP contribution in [-0.4, -0.2) is 56.3 Å². The van der Waals surface area contributed by atoms with Crippen molar-refractivity contribution in [3.63, 3.8) is 0 Å². The second kappa shape index (κ2) is 7.51. The lowest BCUT2D eigenvalue weighted by molar-refractivity contribution is -0.128. The van der Waals surface area contributed by atoms with Gasteiger partial charge in [-0.25, -0.2) is 8.42 Å². The van der Waals surface area contributed by atoms with Crippen LogP contribution < -0.4 is 4.74 Å². The van der Waals surface area contributed by atoms with Gasteiger partial charge in [0.1, 0.15) is 5.75 Å². The summed E-state index contributed by atoms with van der Waals surface area (Å²) in [5.74, 6) is 0.431. The van der Waals surface area contributed by atoms with Gasteiger partial charge in [0.2, 0.25) is 15.9 Å². The minimum atomic E-state index is -3.63. The molecule has 0 aromatic heterocycles. The Bertz CT molecular complexity index is 678. The molecular formula is C15H21ClN2O4S. The average Bonchev–Trinajstić information content (AvgIpc) is 2.76. The number of hydrogen-bond donors (Lipinski definition) is 0. The van der Waals surface area contributed by atoms with E-state index in [1.165, 1.54) is 23.4 Å². The first-order valence-corrected chi connectivity index (χ1v) is 9.36. The molecule has 2 rings (SSSR count). The number of nitrogens with zero attached hydrogens (tertiary/aromatic N) is 2. The van der Waals surface area contributed by atoms with Gasteiger partial charge < -0.3 is 9.64 Å². The first-order valence-electron chi connectivity index (χ1n) is 7.54. The Hall–Kier alpha value is -1.31. The molecule has 1 heterocycles. The smallest absolute Gasteiger partial charge is 0.243 e. The molecule has 1 aromatic rings. The number of rotatable bonds is 4. The Balaban J connectivity index is 2.21. The lowest BCUT2D eigenvalue weighted by atomic mass is 10.3. The molecule has 0 spiro atoms. The number of hydrogen-bond acceptors (Lipinski definition) is 4. The van der Waals surface area contributed by atoms with Crippen molar-refractivity contribution in [3.8, 4) is 5.75 Å². The molecule has 23 heavy (non-hydrogen) atoms. The van der Waals surface area contributed by atoms with Gasteiger partial charge >= 0.3 is 0 Å². The van der Waals surface area contributed by atoms with E-state index in [-0.39, 0.29) is 22.4 Å². The molecule has 0 radical (unpaired) electrons. The largest absolute Gasteiger partial charge is 0.492 e. The van der Waals surface area contributed by atoms with Crippen LogP contribution in [0.4, 0.5) is 0 Å². The first kappa shape index (κ1) is 18.0. The summed E-state index contributed by atoms with van der Waals surface area (Å²) in [5, 5.41) is 0.271. The molecule has 8 heteroatoms. The summed E-state index contributed by atoms with van der Waals surface area (Å²) < 4.78 is 32.3. The molecule has 0 saturated carbocycles. The topological polar surface area (TPSA) is 66.9 Å². The summed E-state index contributed by atoms with van der Waals surface area (Å²) in [6.07, 6.45) is 0.615. The predicted octanol–water partition coefficient (Wildman–Crippen LogP) is 1.98. The van der Waals surface area contributed by atoms with E-state index in [9.17, 15) is 13.2 Å². The van der Waals surface area contributed by atoms with Crippen molar-refractivity contribution >= 4 is 27.5 Å². The van der Waals surface area contributed by atoms with Gasteiger partial charge in [0.15, 0.2) is 0 Å². The fourth-order valence-electron chi connectivity index (χ4n) is 2.51. The summed E-state index contributed by atoms with van der Waals surface area (Å²) in [6.45, 7) is 5.43. The predicted molar refractivity (Wildman–Crippen MR) is 88.3 cm³/mol. The molecule has 0 atom stereocenters. The van der Waals surface area contributed by atoms with Crippen LogP contribution in [0, 0.1) is 0 Å². The van der Waals surface area contributed by atoms with Gasteiger partial charge in [0.05, 0.1) is 16.5 Å². The maximum Gasteiger partial charge on any atom is 0.243 e. The van der Waals surface area contributed by atoms with Gasteiger partial charge in [-0.05, 0) is 31.5 Å². The van der Waals surface area contributed by atoms with Crippen molar-refractivity contribution in [1.29, 1.82) is 0 Å². The van der Waals surface area contributed by atoms with Crippen molar-refractivity contribution in [2.75, 3.05) is 32.8 Å². The number of sulfonamides is 1. The van der Waals surface area contributed by atoms with E-state index in [4.69, 9.17) is 16.3 Å². The van der Waals surface area contributed by atoms with Crippen LogP contribution in [0.5, 0.6) is 5.75 Å². The SMILES string of the molecule is CCOc1ccc(S(=O)(=O)N2CCCN(C(C)=O)CC2)cc1Cl. The number of halogens is 1. The van der Waals surface area contributed by atoms with Gasteiger partial charge in [-0.2, -0.15) is 4.31 Å². The highest BCUT2D eigenvalue weighted by Crippen LogP contribution is 2.29. The number of benzene rings is 1. The molecular weight excluding hydrogens is 340 g/mol. The zero-order valence-corrected chi connectivity index (χ0v) is 14.9. The van der Waals surface area contributed by atoms with Crippen molar-refractivity contribution < 1.29 is 17.9 Å². The Morgan fingerprint density at radius 3 is 2.61 bits per heavy atom. The maximum atomic E-state index is 12.8. The Morgan fingerprint density at radius 2 is 2.00 bits per heavy atom. The quantitative estimate of drug-likeness (QED) is 0.823. The minimum absolute atomic E-state index is 0.0339. The van der Waals surface area contributed by atoms with Crippen molar-refractivity contribution in [3.05, 3.63) is 23.2 Å². The number of carbonyl (C=O) groups excluding carboxylic acids is 1. The van der Waals surface area contributed by atoms with Gasteiger partial charge in [-0.1, -0.05) is 11.6 Å². The molecule has 1 aromatic carbocycles. The molecule has 1 aliphatic heterocycles. The van der Waals surface area contributed by atoms with E-state index < -0.39 is 10.0 Å². The van der Waals surface area contributed by atoms with E-state index in [1.54, 1.807) is 11.0 Å². The van der Waals surface area contributed by atoms with Gasteiger partial charge in [0.25, 0.3) is 0 Å². The molecule has 1 saturated heterocycles. The van der Waals surface area contributed by atoms with Crippen LogP contribution in [0.25, 0.3) is 0 Å². The van der Waals surface area contributed by atoms with Crippen LogP contribution >= 0.6 is 11.6 Å². The van der Waals surface area contributed by atoms with Crippen LogP contribution in [0.3, 0.4) is 0 Å². The molecule has 1 aliphatic rings. The Morgan fingerprint density at radius 1 is 1.26 bits per heavy atom. The molecule has 6 nitrogen and oxygen atoms in total. The first-order chi connectivity index (χ1) is 10.9. The number of ether oxygens (including phenoxy) is 1. The van der Waals surface area contributed by atoms with Gasteiger partial charge in [-0.3, -0.25) is 4.79 Å². The van der Waals surface area contributed by atoms with Crippen LogP contribution in [-0.2, 0) is 14.8 Å². The van der Waals surface area contributed by atoms with Crippen LogP contribution in [0.15, 0.2) is 23.1 Å². The van der Waals surface area contributed by atoms with E-state index in [2.05, 4.69) is 0 Å². The third kappa shape index (κ3) is 4.16. The minimum Gasteiger partial charge on any atom is -0.492 e. The highest BCUT2D eigenvalue weighted by Gasteiger charge is 2.28. The average molecular weight is 361 g/mol. The third-order valence-electron chi connectivity index (χ3n) is 3.74. The molecule has 0 aliphatic carbocycles. The summed E-state index contributed by atoms with van der Waals surface area (Å²) in [4.78, 5) is 13.3. The molecule has 0 bridgehead atoms. The molecule has 128 valence electrons.